The van der Waals surface area contributed by atoms with Gasteiger partial charge in [-0.15, -0.1) is 11.3 Å². The lowest BCUT2D eigenvalue weighted by Crippen LogP contribution is -2.40. The molecule has 2 fully saturated rings. The summed E-state index contributed by atoms with van der Waals surface area (Å²) in [5.41, 5.74) is 5.35. The number of carbonyl (C=O) groups is 1. The van der Waals surface area contributed by atoms with E-state index in [9.17, 15) is 4.79 Å². The summed E-state index contributed by atoms with van der Waals surface area (Å²) in [5, 5.41) is 8.95. The maximum atomic E-state index is 13.0. The zero-order valence-electron chi connectivity index (χ0n) is 24.6. The van der Waals surface area contributed by atoms with E-state index in [1.807, 2.05) is 18.2 Å². The van der Waals surface area contributed by atoms with Crippen LogP contribution in [0.25, 0.3) is 21.0 Å². The monoisotopic (exact) mass is 640 g/mol. The largest absolute Gasteiger partial charge is 0.378 e. The fourth-order valence-corrected chi connectivity index (χ4v) is 7.97. The van der Waals surface area contributed by atoms with Gasteiger partial charge in [0.25, 0.3) is 0 Å². The Morgan fingerprint density at radius 3 is 2.29 bits per heavy atom. The second-order valence-electron chi connectivity index (χ2n) is 11.2. The zero-order chi connectivity index (χ0) is 30.2. The number of nitrogens with one attached hydrogen (secondary N) is 2. The molecule has 0 spiro atoms. The van der Waals surface area contributed by atoms with Gasteiger partial charge in [0.05, 0.1) is 42.4 Å². The predicted molar refractivity (Wildman–Crippen MR) is 180 cm³/mol. The number of nitrogens with zero attached hydrogens (tertiary/aromatic N) is 6. The first kappa shape index (κ1) is 28.4. The number of fused-ring (bicyclic) bond motifs is 1. The standard InChI is InChI=1S/C32H32N8O3S2/c41-27(34-24-8-6-21-5-4-20-2-1-3-23(24)28(20)21)19-44-32-35-25-9-7-22(18-26(25)45-32)33-29-36-30(39-10-14-42-15-11-39)38-31(37-29)40-12-16-43-17-13-40/h1-3,6-9,18H,4-5,10-17,19H2,(H,34,41)(H,33,36,37,38). The van der Waals surface area contributed by atoms with Crippen LogP contribution in [0.3, 0.4) is 0 Å². The van der Waals surface area contributed by atoms with Crippen molar-refractivity contribution in [3.05, 3.63) is 59.7 Å². The van der Waals surface area contributed by atoms with Crippen molar-refractivity contribution in [3.8, 4) is 0 Å². The molecular weight excluding hydrogens is 609 g/mol. The molecule has 0 unspecified atom stereocenters. The minimum absolute atomic E-state index is 0.0395. The van der Waals surface area contributed by atoms with Crippen molar-refractivity contribution in [2.24, 2.45) is 0 Å². The molecular formula is C32H32N8O3S2. The van der Waals surface area contributed by atoms with E-state index in [0.29, 0.717) is 44.3 Å². The summed E-state index contributed by atoms with van der Waals surface area (Å²) in [7, 11) is 0. The normalized spacial score (nSPS) is 16.4. The van der Waals surface area contributed by atoms with Gasteiger partial charge in [0, 0.05) is 42.9 Å². The second-order valence-corrected chi connectivity index (χ2v) is 13.4. The van der Waals surface area contributed by atoms with Crippen molar-refractivity contribution in [1.29, 1.82) is 0 Å². The molecule has 2 N–H and O–H groups in total. The lowest BCUT2D eigenvalue weighted by molar-refractivity contribution is -0.113. The Morgan fingerprint density at radius 2 is 1.56 bits per heavy atom. The minimum Gasteiger partial charge on any atom is -0.378 e. The first-order chi connectivity index (χ1) is 22.2. The fourth-order valence-electron chi connectivity index (χ4n) is 6.06. The SMILES string of the molecule is O=C(CSc1nc2ccc(Nc3nc(N4CCOCC4)nc(N4CCOCC4)n3)cc2s1)Nc1ccc2c3c(cccc13)CC2. The molecule has 1 aliphatic carbocycles. The molecule has 11 nitrogen and oxygen atoms in total. The van der Waals surface area contributed by atoms with Crippen molar-refractivity contribution in [3.63, 3.8) is 0 Å². The molecule has 1 amide bonds. The van der Waals surface area contributed by atoms with E-state index >= 15 is 0 Å². The molecule has 45 heavy (non-hydrogen) atoms. The zero-order valence-corrected chi connectivity index (χ0v) is 26.3. The maximum Gasteiger partial charge on any atom is 0.234 e. The molecule has 5 aromatic rings. The van der Waals surface area contributed by atoms with Crippen molar-refractivity contribution < 1.29 is 14.3 Å². The van der Waals surface area contributed by atoms with Gasteiger partial charge in [-0.3, -0.25) is 4.79 Å². The van der Waals surface area contributed by atoms with Crippen LogP contribution in [0.5, 0.6) is 0 Å². The van der Waals surface area contributed by atoms with Crippen LogP contribution in [0.2, 0.25) is 0 Å². The number of hydrogen-bond donors (Lipinski definition) is 2. The van der Waals surface area contributed by atoms with Crippen LogP contribution in [0.1, 0.15) is 11.1 Å². The third kappa shape index (κ3) is 6.00. The van der Waals surface area contributed by atoms with Crippen molar-refractivity contribution >= 4 is 79.2 Å². The Bertz CT molecular complexity index is 1840. The van der Waals surface area contributed by atoms with Crippen LogP contribution in [0, 0.1) is 0 Å². The van der Waals surface area contributed by atoms with Gasteiger partial charge in [-0.1, -0.05) is 36.0 Å². The van der Waals surface area contributed by atoms with Gasteiger partial charge in [-0.05, 0) is 53.6 Å². The van der Waals surface area contributed by atoms with Gasteiger partial charge in [0.2, 0.25) is 23.8 Å². The number of aryl methyl sites for hydroxylation is 2. The molecule has 230 valence electrons. The first-order valence-corrected chi connectivity index (χ1v) is 17.0. The highest BCUT2D eigenvalue weighted by atomic mass is 32.2. The van der Waals surface area contributed by atoms with Crippen LogP contribution >= 0.6 is 23.1 Å². The van der Waals surface area contributed by atoms with Crippen LogP contribution in [-0.2, 0) is 27.1 Å². The molecule has 0 radical (unpaired) electrons. The van der Waals surface area contributed by atoms with Crippen LogP contribution in [-0.4, -0.2) is 84.2 Å². The average Bonchev–Trinajstić information content (AvgIpc) is 3.70. The topological polar surface area (TPSA) is 118 Å². The lowest BCUT2D eigenvalue weighted by atomic mass is 10.0. The Balaban J connectivity index is 0.966. The smallest absolute Gasteiger partial charge is 0.234 e. The molecule has 2 aromatic heterocycles. The Kier molecular flexibility index (Phi) is 7.83. The predicted octanol–water partition coefficient (Wildman–Crippen LogP) is 4.88. The minimum atomic E-state index is -0.0395. The average molecular weight is 641 g/mol. The molecule has 4 heterocycles. The maximum absolute atomic E-state index is 13.0. The van der Waals surface area contributed by atoms with E-state index in [-0.39, 0.29) is 11.7 Å². The number of benzene rings is 3. The van der Waals surface area contributed by atoms with Crippen molar-refractivity contribution in [2.75, 3.05) is 78.8 Å². The van der Waals surface area contributed by atoms with Gasteiger partial charge in [-0.2, -0.15) is 15.0 Å². The highest BCUT2D eigenvalue weighted by molar-refractivity contribution is 8.01. The number of carbonyl (C=O) groups excluding carboxylic acids is 1. The Hall–Kier alpha value is -4.04. The molecule has 0 saturated carbocycles. The van der Waals surface area contributed by atoms with Crippen LogP contribution in [0.4, 0.5) is 29.2 Å². The quantitative estimate of drug-likeness (QED) is 0.226. The van der Waals surface area contributed by atoms with Crippen molar-refractivity contribution in [1.82, 2.24) is 19.9 Å². The number of thiazole rings is 1. The summed E-state index contributed by atoms with van der Waals surface area (Å²) in [6, 6.07) is 16.5. The van der Waals surface area contributed by atoms with E-state index in [4.69, 9.17) is 29.4 Å². The summed E-state index contributed by atoms with van der Waals surface area (Å²) >= 11 is 3.02. The van der Waals surface area contributed by atoms with Crippen LogP contribution < -0.4 is 20.4 Å². The molecule has 2 aliphatic heterocycles. The number of thioether (sulfide) groups is 1. The summed E-state index contributed by atoms with van der Waals surface area (Å²) in [6.45, 7) is 5.54. The molecule has 3 aromatic carbocycles. The Morgan fingerprint density at radius 1 is 0.844 bits per heavy atom. The summed E-state index contributed by atoms with van der Waals surface area (Å²) in [4.78, 5) is 36.3. The third-order valence-electron chi connectivity index (χ3n) is 8.30. The molecule has 13 heteroatoms. The summed E-state index contributed by atoms with van der Waals surface area (Å²) in [5.74, 6) is 2.02. The number of morpholine rings is 2. The summed E-state index contributed by atoms with van der Waals surface area (Å²) < 4.78 is 12.9. The van der Waals surface area contributed by atoms with Gasteiger partial charge in [0.1, 0.15) is 0 Å². The first-order valence-electron chi connectivity index (χ1n) is 15.2. The number of aromatic nitrogens is 4. The molecule has 3 aliphatic rings. The van der Waals surface area contributed by atoms with E-state index in [0.717, 1.165) is 70.3 Å². The number of amides is 1. The number of hydrogen-bond acceptors (Lipinski definition) is 12. The van der Waals surface area contributed by atoms with Crippen LogP contribution in [0.15, 0.2) is 52.9 Å². The molecule has 0 atom stereocenters. The molecule has 8 rings (SSSR count). The number of rotatable bonds is 8. The Labute approximate surface area is 268 Å². The highest BCUT2D eigenvalue weighted by Gasteiger charge is 2.21. The highest BCUT2D eigenvalue weighted by Crippen LogP contribution is 2.36. The fraction of sp³-hybridized carbons (Fsp3) is 0.344. The number of anilines is 5. The second kappa shape index (κ2) is 12.4. The van der Waals surface area contributed by atoms with Gasteiger partial charge in [-0.25, -0.2) is 4.98 Å². The van der Waals surface area contributed by atoms with Gasteiger partial charge in [0.15, 0.2) is 4.34 Å². The third-order valence-corrected chi connectivity index (χ3v) is 10.5. The van der Waals surface area contributed by atoms with E-state index in [2.05, 4.69) is 50.8 Å². The van der Waals surface area contributed by atoms with E-state index < -0.39 is 0 Å². The van der Waals surface area contributed by atoms with Crippen molar-refractivity contribution in [2.45, 2.75) is 17.2 Å². The van der Waals surface area contributed by atoms with Gasteiger partial charge >= 0.3 is 0 Å². The van der Waals surface area contributed by atoms with E-state index in [1.165, 1.54) is 28.3 Å². The molecule has 2 saturated heterocycles. The number of ether oxygens (including phenoxy) is 2. The summed E-state index contributed by atoms with van der Waals surface area (Å²) in [6.07, 6.45) is 2.13. The molecule has 0 bridgehead atoms. The van der Waals surface area contributed by atoms with E-state index in [1.54, 1.807) is 11.3 Å². The lowest BCUT2D eigenvalue weighted by Gasteiger charge is -2.30. The van der Waals surface area contributed by atoms with Gasteiger partial charge < -0.3 is 29.9 Å².